The summed E-state index contributed by atoms with van der Waals surface area (Å²) >= 11 is 0. The van der Waals surface area contributed by atoms with Crippen molar-refractivity contribution < 1.29 is 0 Å². The minimum Gasteiger partial charge on any atom is -0.372 e. The quantitative estimate of drug-likeness (QED) is 0.861. The summed E-state index contributed by atoms with van der Waals surface area (Å²) in [4.78, 5) is 2.49. The second kappa shape index (κ2) is 4.34. The van der Waals surface area contributed by atoms with Gasteiger partial charge in [-0.15, -0.1) is 0 Å². The van der Waals surface area contributed by atoms with Gasteiger partial charge >= 0.3 is 0 Å². The van der Waals surface area contributed by atoms with Gasteiger partial charge in [-0.2, -0.15) is 0 Å². The Morgan fingerprint density at radius 1 is 1.06 bits per heavy atom. The van der Waals surface area contributed by atoms with E-state index in [9.17, 15) is 0 Å². The summed E-state index contributed by atoms with van der Waals surface area (Å²) in [6, 6.07) is 9.26. The average molecular weight is 230 g/mol. The third kappa shape index (κ3) is 2.06. The van der Waals surface area contributed by atoms with Gasteiger partial charge < -0.3 is 10.6 Å². The fraction of sp³-hybridized carbons (Fsp3) is 0.600. The fourth-order valence-corrected chi connectivity index (χ4v) is 3.11. The maximum absolute atomic E-state index is 5.71. The Morgan fingerprint density at radius 2 is 1.71 bits per heavy atom. The summed E-state index contributed by atoms with van der Waals surface area (Å²) in [7, 11) is 0. The number of anilines is 1. The number of benzene rings is 1. The first-order valence-corrected chi connectivity index (χ1v) is 6.90. The minimum atomic E-state index is 0.443. The topological polar surface area (TPSA) is 29.3 Å². The highest BCUT2D eigenvalue weighted by atomic mass is 15.1. The molecule has 3 rings (SSSR count). The predicted molar refractivity (Wildman–Crippen MR) is 72.5 cm³/mol. The first-order chi connectivity index (χ1) is 8.34. The molecule has 0 unspecified atom stereocenters. The van der Waals surface area contributed by atoms with Crippen LogP contribution in [0.3, 0.4) is 0 Å². The lowest BCUT2D eigenvalue weighted by Crippen LogP contribution is -2.18. The molecule has 0 amide bonds. The monoisotopic (exact) mass is 230 g/mol. The zero-order chi connectivity index (χ0) is 11.7. The predicted octanol–water partition coefficient (Wildman–Crippen LogP) is 2.67. The molecule has 1 aliphatic carbocycles. The molecule has 0 aromatic heterocycles. The van der Waals surface area contributed by atoms with Crippen molar-refractivity contribution in [2.45, 2.75) is 37.5 Å². The molecule has 1 saturated carbocycles. The molecule has 0 radical (unpaired) electrons. The Morgan fingerprint density at radius 3 is 2.24 bits per heavy atom. The number of nitrogens with two attached hydrogens (primary N) is 1. The molecule has 2 aliphatic rings. The third-order valence-corrected chi connectivity index (χ3v) is 4.43. The molecule has 1 aliphatic heterocycles. The highest BCUT2D eigenvalue weighted by molar-refractivity contribution is 5.50. The molecule has 1 heterocycles. The van der Waals surface area contributed by atoms with E-state index in [0.29, 0.717) is 5.41 Å². The van der Waals surface area contributed by atoms with Crippen LogP contribution in [0.15, 0.2) is 24.3 Å². The van der Waals surface area contributed by atoms with E-state index in [2.05, 4.69) is 29.2 Å². The second-order valence-electron chi connectivity index (χ2n) is 5.56. The molecular formula is C15H22N2. The van der Waals surface area contributed by atoms with E-state index in [4.69, 9.17) is 5.73 Å². The molecular weight excluding hydrogens is 208 g/mol. The zero-order valence-electron chi connectivity index (χ0n) is 10.5. The van der Waals surface area contributed by atoms with Crippen molar-refractivity contribution in [3.8, 4) is 0 Å². The number of hydrogen-bond donors (Lipinski definition) is 1. The van der Waals surface area contributed by atoms with E-state index in [0.717, 1.165) is 13.0 Å². The molecule has 2 heteroatoms. The van der Waals surface area contributed by atoms with Gasteiger partial charge in [0.05, 0.1) is 0 Å². The number of hydrogen-bond acceptors (Lipinski definition) is 2. The standard InChI is InChI=1S/C15H22N2/c16-10-9-15(7-8-15)13-3-5-14(6-4-13)17-11-1-2-12-17/h3-6H,1-2,7-12,16H2. The number of rotatable bonds is 4. The van der Waals surface area contributed by atoms with Gasteiger partial charge in [-0.05, 0) is 61.8 Å². The van der Waals surface area contributed by atoms with Crippen LogP contribution in [0, 0.1) is 0 Å². The average Bonchev–Trinajstić information content (AvgIpc) is 2.94. The number of nitrogens with zero attached hydrogens (tertiary/aromatic N) is 1. The molecule has 0 bridgehead atoms. The molecule has 2 nitrogen and oxygen atoms in total. The lowest BCUT2D eigenvalue weighted by molar-refractivity contribution is 0.629. The van der Waals surface area contributed by atoms with Crippen LogP contribution in [-0.2, 0) is 5.41 Å². The lowest BCUT2D eigenvalue weighted by Gasteiger charge is -2.20. The summed E-state index contributed by atoms with van der Waals surface area (Å²) < 4.78 is 0. The van der Waals surface area contributed by atoms with Gasteiger partial charge in [-0.1, -0.05) is 12.1 Å². The Balaban J connectivity index is 1.76. The SMILES string of the molecule is NCCC1(c2ccc(N3CCCC3)cc2)CC1. The molecule has 2 N–H and O–H groups in total. The van der Waals surface area contributed by atoms with Gasteiger partial charge in [0.15, 0.2) is 0 Å². The van der Waals surface area contributed by atoms with E-state index < -0.39 is 0 Å². The summed E-state index contributed by atoms with van der Waals surface area (Å²) in [5.41, 5.74) is 9.06. The molecule has 1 aromatic carbocycles. The maximum atomic E-state index is 5.71. The highest BCUT2D eigenvalue weighted by Crippen LogP contribution is 2.50. The molecule has 1 aromatic rings. The van der Waals surface area contributed by atoms with Crippen LogP contribution in [-0.4, -0.2) is 19.6 Å². The van der Waals surface area contributed by atoms with E-state index in [1.165, 1.54) is 50.0 Å². The normalized spacial score (nSPS) is 21.8. The Kier molecular flexibility index (Phi) is 2.83. The molecule has 2 fully saturated rings. The molecule has 0 spiro atoms. The van der Waals surface area contributed by atoms with E-state index in [-0.39, 0.29) is 0 Å². The lowest BCUT2D eigenvalue weighted by atomic mass is 9.92. The van der Waals surface area contributed by atoms with Crippen molar-refractivity contribution in [1.29, 1.82) is 0 Å². The van der Waals surface area contributed by atoms with Gasteiger partial charge in [0.2, 0.25) is 0 Å². The summed E-state index contributed by atoms with van der Waals surface area (Å²) in [5.74, 6) is 0. The van der Waals surface area contributed by atoms with E-state index in [1.54, 1.807) is 0 Å². The van der Waals surface area contributed by atoms with Crippen LogP contribution < -0.4 is 10.6 Å². The van der Waals surface area contributed by atoms with Gasteiger partial charge in [-0.3, -0.25) is 0 Å². The fourth-order valence-electron chi connectivity index (χ4n) is 3.11. The summed E-state index contributed by atoms with van der Waals surface area (Å²) in [5, 5.41) is 0. The Bertz CT molecular complexity index is 372. The second-order valence-corrected chi connectivity index (χ2v) is 5.56. The van der Waals surface area contributed by atoms with Crippen molar-refractivity contribution in [2.75, 3.05) is 24.5 Å². The van der Waals surface area contributed by atoms with Gasteiger partial charge in [0, 0.05) is 18.8 Å². The highest BCUT2D eigenvalue weighted by Gasteiger charge is 2.43. The van der Waals surface area contributed by atoms with Crippen LogP contribution in [0.2, 0.25) is 0 Å². The largest absolute Gasteiger partial charge is 0.372 e. The minimum absolute atomic E-state index is 0.443. The van der Waals surface area contributed by atoms with Crippen molar-refractivity contribution >= 4 is 5.69 Å². The molecule has 92 valence electrons. The molecule has 0 atom stereocenters. The van der Waals surface area contributed by atoms with Crippen molar-refractivity contribution in [3.05, 3.63) is 29.8 Å². The van der Waals surface area contributed by atoms with Gasteiger partial charge in [0.1, 0.15) is 0 Å². The van der Waals surface area contributed by atoms with Crippen LogP contribution in [0.4, 0.5) is 5.69 Å². The van der Waals surface area contributed by atoms with Crippen molar-refractivity contribution in [2.24, 2.45) is 5.73 Å². The first kappa shape index (κ1) is 11.1. The molecule has 17 heavy (non-hydrogen) atoms. The van der Waals surface area contributed by atoms with E-state index in [1.807, 2.05) is 0 Å². The van der Waals surface area contributed by atoms with Crippen LogP contribution in [0.25, 0.3) is 0 Å². The van der Waals surface area contributed by atoms with Crippen molar-refractivity contribution in [1.82, 2.24) is 0 Å². The van der Waals surface area contributed by atoms with Gasteiger partial charge in [-0.25, -0.2) is 0 Å². The van der Waals surface area contributed by atoms with E-state index >= 15 is 0 Å². The van der Waals surface area contributed by atoms with Crippen LogP contribution >= 0.6 is 0 Å². The molecule has 1 saturated heterocycles. The Labute approximate surface area is 104 Å². The van der Waals surface area contributed by atoms with Gasteiger partial charge in [0.25, 0.3) is 0 Å². The smallest absolute Gasteiger partial charge is 0.0366 e. The summed E-state index contributed by atoms with van der Waals surface area (Å²) in [6.45, 7) is 3.27. The third-order valence-electron chi connectivity index (χ3n) is 4.43. The first-order valence-electron chi connectivity index (χ1n) is 6.90. The maximum Gasteiger partial charge on any atom is 0.0366 e. The van der Waals surface area contributed by atoms with Crippen molar-refractivity contribution in [3.63, 3.8) is 0 Å². The summed E-state index contributed by atoms with van der Waals surface area (Å²) in [6.07, 6.45) is 6.49. The van der Waals surface area contributed by atoms with Crippen LogP contribution in [0.1, 0.15) is 37.7 Å². The zero-order valence-corrected chi connectivity index (χ0v) is 10.5. The Hall–Kier alpha value is -1.02. The van der Waals surface area contributed by atoms with Crippen LogP contribution in [0.5, 0.6) is 0 Å².